The molecule has 5 rings (SSSR count). The maximum absolute atomic E-state index is 12.6. The Balaban J connectivity index is 1.33. The molecule has 1 atom stereocenters. The van der Waals surface area contributed by atoms with Gasteiger partial charge in [0, 0.05) is 12.1 Å². The van der Waals surface area contributed by atoms with E-state index in [9.17, 15) is 4.79 Å². The molecular weight excluding hydrogens is 426 g/mol. The van der Waals surface area contributed by atoms with E-state index in [0.29, 0.717) is 17.1 Å². The van der Waals surface area contributed by atoms with Gasteiger partial charge in [0.2, 0.25) is 0 Å². The Kier molecular flexibility index (Phi) is 6.14. The number of benzene rings is 3. The molecule has 1 aliphatic heterocycles. The topological polar surface area (TPSA) is 76.4 Å². The largest absolute Gasteiger partial charge is 0.441 e. The van der Waals surface area contributed by atoms with Crippen LogP contribution in [-0.4, -0.2) is 17.8 Å². The maximum Gasteiger partial charge on any atom is 0.412 e. The zero-order chi connectivity index (χ0) is 23.5. The minimum Gasteiger partial charge on any atom is -0.441 e. The lowest BCUT2D eigenvalue weighted by atomic mass is 9.95. The van der Waals surface area contributed by atoms with Gasteiger partial charge in [-0.3, -0.25) is 5.32 Å². The number of hydrogen-bond acceptors (Lipinski definition) is 5. The molecule has 4 aromatic rings. The molecule has 3 aromatic carbocycles. The molecule has 6 heteroatoms. The van der Waals surface area contributed by atoms with Crippen molar-refractivity contribution in [1.29, 1.82) is 0 Å². The molecule has 0 saturated heterocycles. The van der Waals surface area contributed by atoms with Gasteiger partial charge in [-0.1, -0.05) is 71.9 Å². The van der Waals surface area contributed by atoms with Crippen LogP contribution in [0.5, 0.6) is 0 Å². The number of hydrogen-bond donors (Lipinski definition) is 2. The average molecular weight is 454 g/mol. The first-order chi connectivity index (χ1) is 16.6. The average Bonchev–Trinajstić information content (AvgIpc) is 3.24. The molecule has 172 valence electrons. The molecule has 34 heavy (non-hydrogen) atoms. The van der Waals surface area contributed by atoms with Crippen LogP contribution in [0.3, 0.4) is 0 Å². The fraction of sp³-hybridized carbons (Fsp3) is 0.214. The molecule has 0 radical (unpaired) electrons. The van der Waals surface area contributed by atoms with Crippen LogP contribution in [0.15, 0.2) is 77.3 Å². The fourth-order valence-corrected chi connectivity index (χ4v) is 4.27. The number of nitrogens with one attached hydrogen (secondary N) is 2. The smallest absolute Gasteiger partial charge is 0.412 e. The van der Waals surface area contributed by atoms with Gasteiger partial charge in [-0.2, -0.15) is 0 Å². The van der Waals surface area contributed by atoms with Crippen LogP contribution < -0.4 is 10.6 Å². The molecule has 0 saturated carbocycles. The molecule has 1 unspecified atom stereocenters. The highest BCUT2D eigenvalue weighted by molar-refractivity contribution is 5.91. The Labute approximate surface area is 198 Å². The summed E-state index contributed by atoms with van der Waals surface area (Å²) >= 11 is 0. The van der Waals surface area contributed by atoms with Crippen molar-refractivity contribution in [2.24, 2.45) is 0 Å². The van der Waals surface area contributed by atoms with E-state index in [4.69, 9.17) is 9.26 Å². The number of nitrogens with zero attached hydrogens (tertiary/aromatic N) is 1. The Hall–Kier alpha value is -3.90. The van der Waals surface area contributed by atoms with Crippen LogP contribution >= 0.6 is 0 Å². The Bertz CT molecular complexity index is 1300. The predicted molar refractivity (Wildman–Crippen MR) is 132 cm³/mol. The molecule has 1 aromatic heterocycles. The summed E-state index contributed by atoms with van der Waals surface area (Å²) in [6.07, 6.45) is 0.140. The predicted octanol–water partition coefficient (Wildman–Crippen LogP) is 6.27. The van der Waals surface area contributed by atoms with Crippen molar-refractivity contribution < 1.29 is 14.1 Å². The number of ether oxygens (including phenoxy) is 1. The second-order valence-electron chi connectivity index (χ2n) is 8.54. The third-order valence-corrected chi connectivity index (χ3v) is 6.22. The number of aryl methyl sites for hydroxylation is 1. The van der Waals surface area contributed by atoms with Crippen LogP contribution in [0.4, 0.5) is 10.5 Å². The molecule has 1 amide bonds. The first kappa shape index (κ1) is 21.9. The van der Waals surface area contributed by atoms with Gasteiger partial charge < -0.3 is 14.6 Å². The first-order valence-electron chi connectivity index (χ1n) is 11.5. The Morgan fingerprint density at radius 1 is 1.00 bits per heavy atom. The van der Waals surface area contributed by atoms with Gasteiger partial charge >= 0.3 is 6.09 Å². The first-order valence-corrected chi connectivity index (χ1v) is 11.5. The van der Waals surface area contributed by atoms with Gasteiger partial charge in [0.05, 0.1) is 0 Å². The molecule has 2 N–H and O–H groups in total. The lowest BCUT2D eigenvalue weighted by molar-refractivity contribution is 0.121. The summed E-state index contributed by atoms with van der Waals surface area (Å²) in [4.78, 5) is 12.6. The number of amides is 1. The number of rotatable bonds is 5. The van der Waals surface area contributed by atoms with Crippen molar-refractivity contribution in [3.05, 3.63) is 95.2 Å². The molecular formula is C28H27N3O3. The summed E-state index contributed by atoms with van der Waals surface area (Å²) in [5, 5.41) is 10.3. The van der Waals surface area contributed by atoms with E-state index in [1.165, 1.54) is 16.7 Å². The highest BCUT2D eigenvalue weighted by atomic mass is 16.6. The summed E-state index contributed by atoms with van der Waals surface area (Å²) < 4.78 is 11.1. The molecule has 0 fully saturated rings. The standard InChI is InChI=1S/C28H27N3O3/c1-18-26(30-28(32)33-19(2)20-6-4-3-5-7-20)27(34-31-18)23-11-8-21(9-12-23)24-13-10-22-14-15-29-17-25(22)16-24/h3-13,16,19,29H,14-15,17H2,1-2H3,(H,30,32). The summed E-state index contributed by atoms with van der Waals surface area (Å²) in [6, 6.07) is 24.4. The summed E-state index contributed by atoms with van der Waals surface area (Å²) in [5.41, 5.74) is 7.93. The van der Waals surface area contributed by atoms with E-state index in [2.05, 4.69) is 46.1 Å². The van der Waals surface area contributed by atoms with Crippen molar-refractivity contribution in [3.63, 3.8) is 0 Å². The monoisotopic (exact) mass is 453 g/mol. The lowest BCUT2D eigenvalue weighted by Gasteiger charge is -2.18. The second kappa shape index (κ2) is 9.53. The maximum atomic E-state index is 12.6. The van der Waals surface area contributed by atoms with Gasteiger partial charge in [0.15, 0.2) is 5.76 Å². The van der Waals surface area contributed by atoms with Crippen LogP contribution in [-0.2, 0) is 17.7 Å². The number of carbonyl (C=O) groups excluding carboxylic acids is 1. The Morgan fingerprint density at radius 3 is 2.53 bits per heavy atom. The zero-order valence-electron chi connectivity index (χ0n) is 19.3. The molecule has 0 spiro atoms. The van der Waals surface area contributed by atoms with Gasteiger partial charge in [0.25, 0.3) is 0 Å². The zero-order valence-corrected chi connectivity index (χ0v) is 19.3. The molecule has 0 bridgehead atoms. The lowest BCUT2D eigenvalue weighted by Crippen LogP contribution is -2.23. The summed E-state index contributed by atoms with van der Waals surface area (Å²) in [5.74, 6) is 0.503. The van der Waals surface area contributed by atoms with E-state index in [1.807, 2.05) is 49.4 Å². The number of carbonyl (C=O) groups is 1. The molecule has 6 nitrogen and oxygen atoms in total. The third-order valence-electron chi connectivity index (χ3n) is 6.22. The Morgan fingerprint density at radius 2 is 1.74 bits per heavy atom. The van der Waals surface area contributed by atoms with Crippen molar-refractivity contribution in [2.45, 2.75) is 32.9 Å². The second-order valence-corrected chi connectivity index (χ2v) is 8.54. The number of anilines is 1. The van der Waals surface area contributed by atoms with Crippen molar-refractivity contribution in [3.8, 4) is 22.5 Å². The van der Waals surface area contributed by atoms with Crippen LogP contribution in [0.2, 0.25) is 0 Å². The van der Waals surface area contributed by atoms with Crippen LogP contribution in [0.25, 0.3) is 22.5 Å². The molecule has 1 aliphatic rings. The van der Waals surface area contributed by atoms with Crippen molar-refractivity contribution in [1.82, 2.24) is 10.5 Å². The normalized spacial score (nSPS) is 13.7. The van der Waals surface area contributed by atoms with Gasteiger partial charge in [0.1, 0.15) is 17.5 Å². The molecule has 2 heterocycles. The van der Waals surface area contributed by atoms with E-state index in [0.717, 1.165) is 36.2 Å². The van der Waals surface area contributed by atoms with Crippen molar-refractivity contribution in [2.75, 3.05) is 11.9 Å². The van der Waals surface area contributed by atoms with Crippen LogP contribution in [0, 0.1) is 6.92 Å². The van der Waals surface area contributed by atoms with Crippen LogP contribution in [0.1, 0.15) is 35.4 Å². The highest BCUT2D eigenvalue weighted by Gasteiger charge is 2.20. The highest BCUT2D eigenvalue weighted by Crippen LogP contribution is 2.33. The minimum atomic E-state index is -0.553. The SMILES string of the molecule is Cc1noc(-c2ccc(-c3ccc4c(c3)CNCC4)cc2)c1NC(=O)OC(C)c1ccccc1. The van der Waals surface area contributed by atoms with Gasteiger partial charge in [-0.25, -0.2) is 4.79 Å². The number of fused-ring (bicyclic) bond motifs is 1. The quantitative estimate of drug-likeness (QED) is 0.372. The van der Waals surface area contributed by atoms with E-state index in [1.54, 1.807) is 6.92 Å². The summed E-state index contributed by atoms with van der Waals surface area (Å²) in [7, 11) is 0. The third kappa shape index (κ3) is 4.58. The van der Waals surface area contributed by atoms with Gasteiger partial charge in [-0.05, 0) is 60.7 Å². The van der Waals surface area contributed by atoms with E-state index in [-0.39, 0.29) is 6.10 Å². The molecule has 0 aliphatic carbocycles. The van der Waals surface area contributed by atoms with Gasteiger partial charge in [-0.15, -0.1) is 0 Å². The minimum absolute atomic E-state index is 0.379. The van der Waals surface area contributed by atoms with Crippen molar-refractivity contribution >= 4 is 11.8 Å². The van der Waals surface area contributed by atoms with E-state index >= 15 is 0 Å². The van der Waals surface area contributed by atoms with E-state index < -0.39 is 6.09 Å². The fourth-order valence-electron chi connectivity index (χ4n) is 4.27. The number of aromatic nitrogens is 1. The summed E-state index contributed by atoms with van der Waals surface area (Å²) in [6.45, 7) is 5.57.